The van der Waals surface area contributed by atoms with Crippen LogP contribution in [-0.4, -0.2) is 9.97 Å². The number of allylic oxidation sites excluding steroid dienone is 1. The fraction of sp³-hybridized carbons (Fsp3) is 0.333. The van der Waals surface area contributed by atoms with E-state index in [0.29, 0.717) is 11.7 Å². The summed E-state index contributed by atoms with van der Waals surface area (Å²) >= 11 is 0. The molecule has 0 spiro atoms. The normalized spacial score (nSPS) is 13.6. The number of aromatic nitrogens is 2. The minimum atomic E-state index is 0.398. The van der Waals surface area contributed by atoms with Crippen molar-refractivity contribution in [2.24, 2.45) is 5.92 Å². The molecule has 0 saturated carbocycles. The van der Waals surface area contributed by atoms with Crippen LogP contribution in [0.3, 0.4) is 0 Å². The van der Waals surface area contributed by atoms with Gasteiger partial charge >= 0.3 is 0 Å². The molecule has 3 heteroatoms. The summed E-state index contributed by atoms with van der Waals surface area (Å²) in [4.78, 5) is 8.13. The first-order valence-corrected chi connectivity index (χ1v) is 4.99. The van der Waals surface area contributed by atoms with E-state index in [9.17, 15) is 0 Å². The second-order valence-corrected chi connectivity index (χ2v) is 3.72. The molecular weight excluding hydrogens is 186 g/mol. The first kappa shape index (κ1) is 11.4. The van der Waals surface area contributed by atoms with Crippen molar-refractivity contribution >= 4 is 18.0 Å². The van der Waals surface area contributed by atoms with Gasteiger partial charge in [0.2, 0.25) is 0 Å². The standard InChI is InChI=1S/C12H17N3/c1-5-11-10(6-9(4)8(2)3)12(13)15-7-14-11/h5-8H,4H2,1-3H3,(H2,13,14,15)/b10-6+,11-5+. The summed E-state index contributed by atoms with van der Waals surface area (Å²) in [5.41, 5.74) is 6.83. The van der Waals surface area contributed by atoms with Crippen molar-refractivity contribution in [1.82, 2.24) is 9.97 Å². The van der Waals surface area contributed by atoms with Crippen molar-refractivity contribution in [3.63, 3.8) is 0 Å². The predicted molar refractivity (Wildman–Crippen MR) is 64.3 cm³/mol. The number of nitrogens with zero attached hydrogens (tertiary/aromatic N) is 2. The third-order valence-corrected chi connectivity index (χ3v) is 2.29. The Bertz CT molecular complexity index is 472. The molecule has 0 unspecified atom stereocenters. The Morgan fingerprint density at radius 2 is 2.13 bits per heavy atom. The van der Waals surface area contributed by atoms with Crippen LogP contribution in [0.15, 0.2) is 18.5 Å². The van der Waals surface area contributed by atoms with Crippen molar-refractivity contribution in [3.05, 3.63) is 29.0 Å². The van der Waals surface area contributed by atoms with Gasteiger partial charge in [0.25, 0.3) is 0 Å². The zero-order valence-electron chi connectivity index (χ0n) is 9.49. The molecule has 0 atom stereocenters. The number of nitrogens with two attached hydrogens (primary N) is 1. The van der Waals surface area contributed by atoms with Crippen LogP contribution < -0.4 is 16.3 Å². The lowest BCUT2D eigenvalue weighted by atomic mass is 10.0. The smallest absolute Gasteiger partial charge is 0.134 e. The van der Waals surface area contributed by atoms with Crippen molar-refractivity contribution in [2.75, 3.05) is 5.73 Å². The molecule has 0 aliphatic heterocycles. The molecule has 1 aromatic rings. The summed E-state index contributed by atoms with van der Waals surface area (Å²) in [5, 5.41) is 1.71. The molecule has 0 radical (unpaired) electrons. The van der Waals surface area contributed by atoms with Crippen molar-refractivity contribution < 1.29 is 0 Å². The molecule has 3 nitrogen and oxygen atoms in total. The first-order chi connectivity index (χ1) is 7.06. The number of hydrogen-bond acceptors (Lipinski definition) is 3. The van der Waals surface area contributed by atoms with E-state index in [1.807, 2.05) is 19.1 Å². The zero-order valence-corrected chi connectivity index (χ0v) is 9.49. The van der Waals surface area contributed by atoms with Gasteiger partial charge in [0.05, 0.1) is 5.35 Å². The molecule has 0 aromatic carbocycles. The monoisotopic (exact) mass is 203 g/mol. The summed E-state index contributed by atoms with van der Waals surface area (Å²) in [6.45, 7) is 10.1. The predicted octanol–water partition coefficient (Wildman–Crippen LogP) is 0.852. The van der Waals surface area contributed by atoms with Crippen LogP contribution in [0.1, 0.15) is 20.8 Å². The Morgan fingerprint density at radius 3 is 2.67 bits per heavy atom. The number of anilines is 1. The summed E-state index contributed by atoms with van der Waals surface area (Å²) in [6, 6.07) is 0. The topological polar surface area (TPSA) is 51.8 Å². The lowest BCUT2D eigenvalue weighted by molar-refractivity contribution is 0.805. The largest absolute Gasteiger partial charge is 0.383 e. The highest BCUT2D eigenvalue weighted by Crippen LogP contribution is 2.06. The fourth-order valence-electron chi connectivity index (χ4n) is 1.15. The van der Waals surface area contributed by atoms with Gasteiger partial charge in [-0.25, -0.2) is 9.97 Å². The van der Waals surface area contributed by atoms with Gasteiger partial charge in [0.15, 0.2) is 0 Å². The Labute approximate surface area is 90.1 Å². The quantitative estimate of drug-likeness (QED) is 0.775. The molecule has 0 saturated heterocycles. The fourth-order valence-corrected chi connectivity index (χ4v) is 1.15. The van der Waals surface area contributed by atoms with E-state index >= 15 is 0 Å². The lowest BCUT2D eigenvalue weighted by Gasteiger charge is -2.03. The Kier molecular flexibility index (Phi) is 3.61. The van der Waals surface area contributed by atoms with Gasteiger partial charge in [0.1, 0.15) is 12.1 Å². The number of rotatable bonds is 2. The van der Waals surface area contributed by atoms with Crippen LogP contribution in [0.25, 0.3) is 12.2 Å². The average Bonchev–Trinajstić information content (AvgIpc) is 2.20. The summed E-state index contributed by atoms with van der Waals surface area (Å²) in [7, 11) is 0. The number of hydrogen-bond donors (Lipinski definition) is 1. The Balaban J connectivity index is 3.43. The third-order valence-electron chi connectivity index (χ3n) is 2.29. The summed E-state index contributed by atoms with van der Waals surface area (Å²) in [6.07, 6.45) is 5.34. The average molecular weight is 203 g/mol. The van der Waals surface area contributed by atoms with Gasteiger partial charge in [-0.3, -0.25) is 0 Å². The van der Waals surface area contributed by atoms with E-state index in [0.717, 1.165) is 16.1 Å². The highest BCUT2D eigenvalue weighted by atomic mass is 14.9. The van der Waals surface area contributed by atoms with Crippen LogP contribution >= 0.6 is 0 Å². The highest BCUT2D eigenvalue weighted by molar-refractivity contribution is 5.51. The molecule has 0 aliphatic carbocycles. The van der Waals surface area contributed by atoms with Crippen LogP contribution in [0.2, 0.25) is 0 Å². The van der Waals surface area contributed by atoms with E-state index in [1.54, 1.807) is 0 Å². The molecule has 80 valence electrons. The second kappa shape index (κ2) is 4.73. The van der Waals surface area contributed by atoms with Crippen LogP contribution in [0.4, 0.5) is 5.82 Å². The van der Waals surface area contributed by atoms with Crippen molar-refractivity contribution in [2.45, 2.75) is 20.8 Å². The molecule has 0 bridgehead atoms. The van der Waals surface area contributed by atoms with E-state index in [4.69, 9.17) is 5.73 Å². The molecule has 1 rings (SSSR count). The van der Waals surface area contributed by atoms with Crippen LogP contribution in [0, 0.1) is 5.92 Å². The maximum atomic E-state index is 5.80. The number of nitrogen functional groups attached to an aromatic ring is 1. The highest BCUT2D eigenvalue weighted by Gasteiger charge is 1.98. The summed E-state index contributed by atoms with van der Waals surface area (Å²) in [5.74, 6) is 0.897. The molecule has 1 aromatic heterocycles. The first-order valence-electron chi connectivity index (χ1n) is 4.99. The van der Waals surface area contributed by atoms with Crippen molar-refractivity contribution in [3.8, 4) is 0 Å². The lowest BCUT2D eigenvalue weighted by Crippen LogP contribution is -2.32. The van der Waals surface area contributed by atoms with Gasteiger partial charge < -0.3 is 5.73 Å². The second-order valence-electron chi connectivity index (χ2n) is 3.72. The van der Waals surface area contributed by atoms with Gasteiger partial charge in [-0.1, -0.05) is 32.1 Å². The van der Waals surface area contributed by atoms with Crippen LogP contribution in [-0.2, 0) is 0 Å². The summed E-state index contributed by atoms with van der Waals surface area (Å²) < 4.78 is 0. The maximum absolute atomic E-state index is 5.80. The van der Waals surface area contributed by atoms with E-state index in [2.05, 4.69) is 30.4 Å². The van der Waals surface area contributed by atoms with Gasteiger partial charge in [0, 0.05) is 5.22 Å². The zero-order chi connectivity index (χ0) is 11.4. The maximum Gasteiger partial charge on any atom is 0.134 e. The molecule has 2 N–H and O–H groups in total. The van der Waals surface area contributed by atoms with E-state index in [1.165, 1.54) is 6.33 Å². The Hall–Kier alpha value is -1.64. The third kappa shape index (κ3) is 2.65. The minimum absolute atomic E-state index is 0.398. The SMILES string of the molecule is C=C(/C=c1/c(N)ncn/c1=C/C)C(C)C. The van der Waals surface area contributed by atoms with Crippen LogP contribution in [0.5, 0.6) is 0 Å². The van der Waals surface area contributed by atoms with E-state index < -0.39 is 0 Å². The molecule has 0 fully saturated rings. The van der Waals surface area contributed by atoms with E-state index in [-0.39, 0.29) is 0 Å². The Morgan fingerprint density at radius 1 is 1.47 bits per heavy atom. The molecule has 0 aliphatic rings. The molecular formula is C12H17N3. The minimum Gasteiger partial charge on any atom is -0.383 e. The van der Waals surface area contributed by atoms with Crippen molar-refractivity contribution in [1.29, 1.82) is 0 Å². The van der Waals surface area contributed by atoms with Gasteiger partial charge in [-0.15, -0.1) is 0 Å². The molecule has 15 heavy (non-hydrogen) atoms. The van der Waals surface area contributed by atoms with Gasteiger partial charge in [-0.2, -0.15) is 0 Å². The van der Waals surface area contributed by atoms with Gasteiger partial charge in [-0.05, 0) is 18.9 Å². The molecule has 0 amide bonds. The molecule has 1 heterocycles.